The Labute approximate surface area is 235 Å². The average molecular weight is 511 g/mol. The van der Waals surface area contributed by atoms with Crippen LogP contribution in [0.5, 0.6) is 0 Å². The summed E-state index contributed by atoms with van der Waals surface area (Å²) in [6.07, 6.45) is 9.79. The van der Waals surface area contributed by atoms with Crippen molar-refractivity contribution in [3.63, 3.8) is 0 Å². The Bertz CT molecular complexity index is 1270. The van der Waals surface area contributed by atoms with E-state index >= 15 is 0 Å². The second-order valence-corrected chi connectivity index (χ2v) is 14.2. The summed E-state index contributed by atoms with van der Waals surface area (Å²) >= 11 is 0. The molecule has 0 N–H and O–H groups in total. The van der Waals surface area contributed by atoms with Gasteiger partial charge in [-0.05, 0) is 127 Å². The van der Waals surface area contributed by atoms with Gasteiger partial charge in [-0.15, -0.1) is 0 Å². The van der Waals surface area contributed by atoms with Gasteiger partial charge in [0, 0.05) is 5.41 Å². The van der Waals surface area contributed by atoms with E-state index < -0.39 is 0 Å². The van der Waals surface area contributed by atoms with Crippen LogP contribution in [0.15, 0.2) is 59.2 Å². The van der Waals surface area contributed by atoms with Gasteiger partial charge in [0.1, 0.15) is 0 Å². The maximum atomic E-state index is 4.92. The Hall–Kier alpha value is -2.08. The van der Waals surface area contributed by atoms with Crippen molar-refractivity contribution in [1.29, 1.82) is 0 Å². The van der Waals surface area contributed by atoms with Crippen LogP contribution in [-0.4, -0.2) is 0 Å². The fourth-order valence-electron chi connectivity index (χ4n) is 9.20. The quantitative estimate of drug-likeness (QED) is 0.320. The molecule has 38 heavy (non-hydrogen) atoms. The van der Waals surface area contributed by atoms with Crippen LogP contribution < -0.4 is 0 Å². The fourth-order valence-corrected chi connectivity index (χ4v) is 9.20. The van der Waals surface area contributed by atoms with Crippen molar-refractivity contribution in [1.82, 2.24) is 0 Å². The summed E-state index contributed by atoms with van der Waals surface area (Å²) < 4.78 is 0. The number of aryl methyl sites for hydroxylation is 1. The molecule has 0 heterocycles. The molecule has 3 aliphatic rings. The van der Waals surface area contributed by atoms with E-state index in [1.165, 1.54) is 76.7 Å². The summed E-state index contributed by atoms with van der Waals surface area (Å²) in [5.41, 5.74) is 17.3. The molecule has 206 valence electrons. The molecule has 0 heteroatoms. The molecular weight excluding hydrogens is 456 g/mol. The van der Waals surface area contributed by atoms with Gasteiger partial charge < -0.3 is 0 Å². The SMILES string of the molecule is C=C(C)C1=C(C)C[C@@]2(C)C[C@@]3(C)Cc4c(C(C)C)cc(CCCCCC)c(C)c4C(=C)C3=C(C)[C@@]2(C)C1=C. The smallest absolute Gasteiger partial charge is 0.0194 e. The number of allylic oxidation sites excluding steroid dienone is 7. The normalized spacial score (nSPS) is 29.0. The largest absolute Gasteiger partial charge is 0.0955 e. The van der Waals surface area contributed by atoms with Gasteiger partial charge in [0.15, 0.2) is 0 Å². The number of unbranched alkanes of at least 4 members (excludes halogenated alkanes) is 3. The van der Waals surface area contributed by atoms with Crippen LogP contribution in [0.2, 0.25) is 0 Å². The maximum absolute atomic E-state index is 4.92. The maximum Gasteiger partial charge on any atom is 0.0194 e. The molecule has 0 radical (unpaired) electrons. The molecular formula is C38H54. The number of fused-ring (bicyclic) bond motifs is 3. The minimum atomic E-state index is -0.0946. The van der Waals surface area contributed by atoms with Crippen molar-refractivity contribution in [3.05, 3.63) is 87.1 Å². The molecule has 0 spiro atoms. The van der Waals surface area contributed by atoms with Gasteiger partial charge in [-0.25, -0.2) is 0 Å². The first-order valence-corrected chi connectivity index (χ1v) is 15.3. The Morgan fingerprint density at radius 2 is 1.66 bits per heavy atom. The van der Waals surface area contributed by atoms with Gasteiger partial charge >= 0.3 is 0 Å². The van der Waals surface area contributed by atoms with Crippen molar-refractivity contribution in [2.75, 3.05) is 0 Å². The van der Waals surface area contributed by atoms with Crippen LogP contribution in [-0.2, 0) is 12.8 Å². The Kier molecular flexibility index (Phi) is 7.48. The summed E-state index contributed by atoms with van der Waals surface area (Å²) in [4.78, 5) is 0. The highest BCUT2D eigenvalue weighted by molar-refractivity contribution is 5.87. The third-order valence-electron chi connectivity index (χ3n) is 11.1. The predicted octanol–water partition coefficient (Wildman–Crippen LogP) is 11.4. The predicted molar refractivity (Wildman–Crippen MR) is 169 cm³/mol. The molecule has 0 fully saturated rings. The highest BCUT2D eigenvalue weighted by Crippen LogP contribution is 2.70. The minimum Gasteiger partial charge on any atom is -0.0955 e. The number of hydrogen-bond acceptors (Lipinski definition) is 0. The van der Waals surface area contributed by atoms with Crippen molar-refractivity contribution < 1.29 is 0 Å². The van der Waals surface area contributed by atoms with Crippen molar-refractivity contribution >= 4 is 5.57 Å². The van der Waals surface area contributed by atoms with Crippen LogP contribution in [0.25, 0.3) is 5.57 Å². The molecule has 0 saturated carbocycles. The van der Waals surface area contributed by atoms with E-state index in [0.717, 1.165) is 24.8 Å². The zero-order valence-electron chi connectivity index (χ0n) is 26.4. The molecule has 1 aromatic rings. The molecule has 0 aliphatic heterocycles. The Morgan fingerprint density at radius 1 is 1.00 bits per heavy atom. The zero-order chi connectivity index (χ0) is 28.4. The van der Waals surface area contributed by atoms with E-state index in [4.69, 9.17) is 13.2 Å². The second-order valence-electron chi connectivity index (χ2n) is 14.2. The summed E-state index contributed by atoms with van der Waals surface area (Å²) in [6, 6.07) is 2.58. The molecule has 0 nitrogen and oxygen atoms in total. The van der Waals surface area contributed by atoms with Crippen molar-refractivity contribution in [2.45, 2.75) is 127 Å². The van der Waals surface area contributed by atoms with Gasteiger partial charge in [0.05, 0.1) is 0 Å². The first-order valence-electron chi connectivity index (χ1n) is 15.3. The number of hydrogen-bond donors (Lipinski definition) is 0. The third kappa shape index (κ3) is 4.08. The van der Waals surface area contributed by atoms with Gasteiger partial charge in [0.25, 0.3) is 0 Å². The second kappa shape index (κ2) is 9.83. The molecule has 3 atom stereocenters. The lowest BCUT2D eigenvalue weighted by Crippen LogP contribution is -2.52. The van der Waals surface area contributed by atoms with E-state index in [-0.39, 0.29) is 16.2 Å². The highest BCUT2D eigenvalue weighted by Gasteiger charge is 2.59. The van der Waals surface area contributed by atoms with E-state index in [2.05, 4.69) is 81.9 Å². The van der Waals surface area contributed by atoms with Crippen molar-refractivity contribution in [2.24, 2.45) is 16.2 Å². The lowest BCUT2D eigenvalue weighted by molar-refractivity contribution is 0.0543. The van der Waals surface area contributed by atoms with Crippen LogP contribution in [0, 0.1) is 23.2 Å². The lowest BCUT2D eigenvalue weighted by Gasteiger charge is -2.62. The Morgan fingerprint density at radius 3 is 2.24 bits per heavy atom. The highest BCUT2D eigenvalue weighted by atomic mass is 14.6. The summed E-state index contributed by atoms with van der Waals surface area (Å²) in [5.74, 6) is 0.518. The molecule has 0 aromatic heterocycles. The van der Waals surface area contributed by atoms with Gasteiger partial charge in [-0.1, -0.05) is 103 Å². The monoisotopic (exact) mass is 510 g/mol. The van der Waals surface area contributed by atoms with Crippen molar-refractivity contribution in [3.8, 4) is 0 Å². The first-order chi connectivity index (χ1) is 17.6. The van der Waals surface area contributed by atoms with Gasteiger partial charge in [-0.3, -0.25) is 0 Å². The molecule has 4 rings (SSSR count). The number of benzene rings is 1. The topological polar surface area (TPSA) is 0 Å². The molecule has 0 bridgehead atoms. The molecule has 3 aliphatic carbocycles. The van der Waals surface area contributed by atoms with Gasteiger partial charge in [0.2, 0.25) is 0 Å². The van der Waals surface area contributed by atoms with E-state index in [1.54, 1.807) is 16.7 Å². The van der Waals surface area contributed by atoms with E-state index in [0.29, 0.717) is 5.92 Å². The summed E-state index contributed by atoms with van der Waals surface area (Å²) in [6.45, 7) is 37.9. The zero-order valence-corrected chi connectivity index (χ0v) is 26.4. The minimum absolute atomic E-state index is 0.0858. The van der Waals surface area contributed by atoms with E-state index in [1.807, 2.05) is 0 Å². The standard InChI is InChI=1S/C38H54/c1-14-15-16-17-18-30-19-31(23(2)3)32-21-36(11)22-37(12)20-25(6)33(24(4)5)28(9)38(37,13)29(10)35(36)27(8)34(32)26(30)7/h19,23H,4,8-9,14-18,20-22H2,1-3,5-7,10-13H3/t36-,37+,38-/m1/s1. The molecule has 1 aromatic carbocycles. The summed E-state index contributed by atoms with van der Waals surface area (Å²) in [7, 11) is 0. The van der Waals surface area contributed by atoms with Crippen LogP contribution >= 0.6 is 0 Å². The molecule has 0 saturated heterocycles. The fraction of sp³-hybridized carbons (Fsp3) is 0.579. The molecule has 0 amide bonds. The molecule has 0 unspecified atom stereocenters. The summed E-state index contributed by atoms with van der Waals surface area (Å²) in [5, 5.41) is 0. The van der Waals surface area contributed by atoms with E-state index in [9.17, 15) is 0 Å². The lowest BCUT2D eigenvalue weighted by atomic mass is 9.41. The van der Waals surface area contributed by atoms with Crippen LogP contribution in [0.3, 0.4) is 0 Å². The van der Waals surface area contributed by atoms with Gasteiger partial charge in [-0.2, -0.15) is 0 Å². The average Bonchev–Trinajstić information content (AvgIpc) is 2.79. The van der Waals surface area contributed by atoms with Crippen LogP contribution in [0.4, 0.5) is 0 Å². The Balaban J connectivity index is 1.94. The number of rotatable bonds is 7. The first kappa shape index (κ1) is 28.9. The van der Waals surface area contributed by atoms with Crippen LogP contribution in [0.1, 0.15) is 135 Å². The third-order valence-corrected chi connectivity index (χ3v) is 11.1.